The Morgan fingerprint density at radius 1 is 1.29 bits per heavy atom. The first-order chi connectivity index (χ1) is 7.93. The van der Waals surface area contributed by atoms with Crippen molar-refractivity contribution < 1.29 is 17.4 Å². The third kappa shape index (κ3) is 4.70. The van der Waals surface area contributed by atoms with Crippen molar-refractivity contribution >= 4 is 21.9 Å². The van der Waals surface area contributed by atoms with Crippen LogP contribution in [0.3, 0.4) is 0 Å². The van der Waals surface area contributed by atoms with Crippen molar-refractivity contribution in [1.29, 1.82) is 0 Å². The Kier molecular flexibility index (Phi) is 4.30. The maximum Gasteiger partial charge on any atom is 0.420 e. The molecule has 0 fully saturated rings. The van der Waals surface area contributed by atoms with Gasteiger partial charge in [0, 0.05) is 5.69 Å². The lowest BCUT2D eigenvalue weighted by Crippen LogP contribution is -2.21. The molecule has 0 bridgehead atoms. The minimum Gasteiger partial charge on any atom is -0.334 e. The maximum atomic E-state index is 11.2. The normalized spacial score (nSPS) is 10.9. The van der Waals surface area contributed by atoms with Crippen LogP contribution in [0, 0.1) is 0 Å². The average molecular weight is 259 g/mol. The molecule has 0 unspecified atom stereocenters. The zero-order chi connectivity index (χ0) is 12.9. The van der Waals surface area contributed by atoms with Crippen molar-refractivity contribution in [1.82, 2.24) is 0 Å². The zero-order valence-corrected chi connectivity index (χ0v) is 9.74. The molecule has 8 heteroatoms. The number of rotatable bonds is 5. The van der Waals surface area contributed by atoms with E-state index < -0.39 is 16.2 Å². The van der Waals surface area contributed by atoms with E-state index in [9.17, 15) is 13.2 Å². The molecule has 0 saturated carbocycles. The van der Waals surface area contributed by atoms with Crippen LogP contribution in [-0.4, -0.2) is 20.3 Å². The topological polar surface area (TPSA) is 125 Å². The van der Waals surface area contributed by atoms with E-state index in [2.05, 4.69) is 15.3 Å². The van der Waals surface area contributed by atoms with Crippen molar-refractivity contribution in [2.45, 2.75) is 6.42 Å². The van der Waals surface area contributed by atoms with Gasteiger partial charge in [0.05, 0.1) is 5.75 Å². The number of nitrogens with two attached hydrogens (primary N) is 2. The monoisotopic (exact) mass is 259 g/mol. The summed E-state index contributed by atoms with van der Waals surface area (Å²) in [6.07, 6.45) is -1.10. The molecule has 0 radical (unpaired) electrons. The van der Waals surface area contributed by atoms with Gasteiger partial charge in [-0.15, -0.1) is 0 Å². The predicted molar refractivity (Wildman–Crippen MR) is 62.4 cm³/mol. The van der Waals surface area contributed by atoms with Crippen molar-refractivity contribution in [2.24, 2.45) is 11.6 Å². The van der Waals surface area contributed by atoms with E-state index in [1.807, 2.05) is 0 Å². The van der Waals surface area contributed by atoms with Crippen LogP contribution < -0.4 is 17.0 Å². The van der Waals surface area contributed by atoms with Gasteiger partial charge in [0.1, 0.15) is 0 Å². The van der Waals surface area contributed by atoms with Crippen LogP contribution in [0.5, 0.6) is 0 Å². The molecular weight excluding hydrogens is 246 g/mol. The van der Waals surface area contributed by atoms with Crippen molar-refractivity contribution in [3.63, 3.8) is 0 Å². The van der Waals surface area contributed by atoms with Gasteiger partial charge < -0.3 is 15.3 Å². The molecule has 94 valence electrons. The summed E-state index contributed by atoms with van der Waals surface area (Å²) in [5.74, 6) is 4.87. The lowest BCUT2D eigenvalue weighted by atomic mass is 10.1. The minimum atomic E-state index is -3.91. The van der Waals surface area contributed by atoms with E-state index in [0.29, 0.717) is 5.69 Å². The second kappa shape index (κ2) is 5.51. The summed E-state index contributed by atoms with van der Waals surface area (Å²) in [4.78, 5) is 10.3. The van der Waals surface area contributed by atoms with E-state index in [-0.39, 0.29) is 12.2 Å². The number of primary amides is 1. The van der Waals surface area contributed by atoms with Gasteiger partial charge >= 0.3 is 16.2 Å². The van der Waals surface area contributed by atoms with Gasteiger partial charge in [-0.25, -0.2) is 4.79 Å². The smallest absolute Gasteiger partial charge is 0.334 e. The van der Waals surface area contributed by atoms with Crippen molar-refractivity contribution in [3.8, 4) is 0 Å². The molecule has 1 amide bonds. The Bertz CT molecular complexity index is 483. The van der Waals surface area contributed by atoms with Gasteiger partial charge in [0.15, 0.2) is 0 Å². The highest BCUT2D eigenvalue weighted by molar-refractivity contribution is 7.87. The highest BCUT2D eigenvalue weighted by Crippen LogP contribution is 2.09. The number of nitrogen functional groups attached to an aromatic ring is 1. The van der Waals surface area contributed by atoms with Crippen LogP contribution in [0.4, 0.5) is 10.5 Å². The fourth-order valence-corrected chi connectivity index (χ4v) is 2.00. The maximum absolute atomic E-state index is 11.2. The standard InChI is InChI=1S/C9H13N3O4S/c10-9(13)16-17(14,15)6-5-7-1-3-8(12-11)4-2-7/h1-4,12H,5-6,11H2,(H2,10,13). The number of benzene rings is 1. The zero-order valence-electron chi connectivity index (χ0n) is 8.92. The van der Waals surface area contributed by atoms with Crippen LogP contribution in [0.15, 0.2) is 24.3 Å². The SMILES string of the molecule is NNc1ccc(CCS(=O)(=O)OC(N)=O)cc1. The molecule has 17 heavy (non-hydrogen) atoms. The van der Waals surface area contributed by atoms with Crippen LogP contribution in [-0.2, 0) is 20.7 Å². The molecule has 0 aromatic heterocycles. The molecule has 5 N–H and O–H groups in total. The van der Waals surface area contributed by atoms with Gasteiger partial charge in [-0.3, -0.25) is 5.84 Å². The largest absolute Gasteiger partial charge is 0.420 e. The van der Waals surface area contributed by atoms with Crippen molar-refractivity contribution in [3.05, 3.63) is 29.8 Å². The Labute approximate surface area is 98.8 Å². The van der Waals surface area contributed by atoms with Gasteiger partial charge in [-0.2, -0.15) is 8.42 Å². The summed E-state index contributed by atoms with van der Waals surface area (Å²) in [7, 11) is -3.91. The highest BCUT2D eigenvalue weighted by atomic mass is 32.2. The van der Waals surface area contributed by atoms with E-state index >= 15 is 0 Å². The number of hydrogen-bond acceptors (Lipinski definition) is 6. The average Bonchev–Trinajstić information content (AvgIpc) is 2.25. The van der Waals surface area contributed by atoms with Crippen LogP contribution in [0.1, 0.15) is 5.56 Å². The molecular formula is C9H13N3O4S. The fraction of sp³-hybridized carbons (Fsp3) is 0.222. The summed E-state index contributed by atoms with van der Waals surface area (Å²) in [6.45, 7) is 0. The van der Waals surface area contributed by atoms with E-state index in [1.165, 1.54) is 0 Å². The van der Waals surface area contributed by atoms with E-state index in [1.54, 1.807) is 24.3 Å². The molecule has 0 heterocycles. The molecule has 0 aliphatic heterocycles. The first-order valence-corrected chi connectivity index (χ1v) is 6.28. The Hall–Kier alpha value is -1.80. The lowest BCUT2D eigenvalue weighted by Gasteiger charge is -2.04. The van der Waals surface area contributed by atoms with Gasteiger partial charge in [-0.05, 0) is 24.1 Å². The third-order valence-electron chi connectivity index (χ3n) is 1.97. The summed E-state index contributed by atoms with van der Waals surface area (Å²) in [6, 6.07) is 6.84. The quantitative estimate of drug-likeness (QED) is 0.386. The first-order valence-electron chi connectivity index (χ1n) is 4.70. The first kappa shape index (κ1) is 13.3. The van der Waals surface area contributed by atoms with Gasteiger partial charge in [0.25, 0.3) is 0 Å². The number of anilines is 1. The van der Waals surface area contributed by atoms with Gasteiger partial charge in [0.2, 0.25) is 0 Å². The van der Waals surface area contributed by atoms with Crippen LogP contribution in [0.25, 0.3) is 0 Å². The second-order valence-electron chi connectivity index (χ2n) is 3.26. The Balaban J connectivity index is 2.58. The molecule has 1 aromatic carbocycles. The number of hydrogen-bond donors (Lipinski definition) is 3. The lowest BCUT2D eigenvalue weighted by molar-refractivity contribution is 0.213. The molecule has 0 aliphatic carbocycles. The highest BCUT2D eigenvalue weighted by Gasteiger charge is 2.14. The Morgan fingerprint density at radius 2 is 1.88 bits per heavy atom. The summed E-state index contributed by atoms with van der Waals surface area (Å²) < 4.78 is 26.3. The number of amides is 1. The number of carbonyl (C=O) groups is 1. The number of hydrazine groups is 1. The van der Waals surface area contributed by atoms with E-state index in [4.69, 9.17) is 5.84 Å². The number of nitrogens with one attached hydrogen (secondary N) is 1. The number of carbonyl (C=O) groups excluding carboxylic acids is 1. The molecule has 0 atom stereocenters. The molecule has 1 rings (SSSR count). The second-order valence-corrected chi connectivity index (χ2v) is 4.95. The van der Waals surface area contributed by atoms with Crippen LogP contribution >= 0.6 is 0 Å². The molecule has 1 aromatic rings. The van der Waals surface area contributed by atoms with Crippen LogP contribution in [0.2, 0.25) is 0 Å². The minimum absolute atomic E-state index is 0.223. The Morgan fingerprint density at radius 3 is 2.35 bits per heavy atom. The number of aryl methyl sites for hydroxylation is 1. The summed E-state index contributed by atoms with van der Waals surface area (Å²) in [5.41, 5.74) is 8.56. The molecule has 0 saturated heterocycles. The van der Waals surface area contributed by atoms with Gasteiger partial charge in [-0.1, -0.05) is 12.1 Å². The molecule has 0 spiro atoms. The summed E-state index contributed by atoms with van der Waals surface area (Å²) in [5, 5.41) is 0. The van der Waals surface area contributed by atoms with E-state index in [0.717, 1.165) is 5.56 Å². The van der Waals surface area contributed by atoms with Crippen molar-refractivity contribution in [2.75, 3.05) is 11.2 Å². The third-order valence-corrected chi connectivity index (χ3v) is 3.09. The molecule has 0 aliphatic rings. The fourth-order valence-electron chi connectivity index (χ4n) is 1.18. The predicted octanol–water partition coefficient (Wildman–Crippen LogP) is -0.0602. The molecule has 7 nitrogen and oxygen atoms in total. The summed E-state index contributed by atoms with van der Waals surface area (Å²) >= 11 is 0.